The molecule has 1 amide bonds. The summed E-state index contributed by atoms with van der Waals surface area (Å²) >= 11 is 2.54. The molecule has 1 aromatic carbocycles. The van der Waals surface area contributed by atoms with Crippen molar-refractivity contribution in [2.45, 2.75) is 0 Å². The topological polar surface area (TPSA) is 92.1 Å². The molecule has 2 aromatic heterocycles. The molecule has 0 aliphatic heterocycles. The van der Waals surface area contributed by atoms with Crippen LogP contribution < -0.4 is 10.1 Å². The van der Waals surface area contributed by atoms with Crippen LogP contribution in [-0.4, -0.2) is 16.9 Å². The van der Waals surface area contributed by atoms with Gasteiger partial charge in [-0.05, 0) is 35.2 Å². The highest BCUT2D eigenvalue weighted by Crippen LogP contribution is 2.19. The minimum Gasteiger partial charge on any atom is -0.422 e. The van der Waals surface area contributed by atoms with Gasteiger partial charge in [0.15, 0.2) is 5.13 Å². The van der Waals surface area contributed by atoms with Gasteiger partial charge in [0.2, 0.25) is 0 Å². The third-order valence-electron chi connectivity index (χ3n) is 3.12. The zero-order chi connectivity index (χ0) is 18.4. The van der Waals surface area contributed by atoms with E-state index in [0.29, 0.717) is 21.3 Å². The molecule has 0 radical (unpaired) electrons. The van der Waals surface area contributed by atoms with Gasteiger partial charge in [0.25, 0.3) is 5.91 Å². The lowest BCUT2D eigenvalue weighted by Gasteiger charge is -2.04. The molecule has 3 aromatic rings. The Labute approximate surface area is 157 Å². The van der Waals surface area contributed by atoms with E-state index in [4.69, 9.17) is 4.74 Å². The second-order valence-corrected chi connectivity index (χ2v) is 6.74. The lowest BCUT2D eigenvalue weighted by Crippen LogP contribution is -2.13. The Balaban J connectivity index is 1.75. The van der Waals surface area contributed by atoms with Crippen molar-refractivity contribution in [3.63, 3.8) is 0 Å². The molecule has 0 spiro atoms. The number of ether oxygens (including phenoxy) is 1. The summed E-state index contributed by atoms with van der Waals surface area (Å²) in [7, 11) is 0. The Morgan fingerprint density at radius 2 is 2.08 bits per heavy atom. The third-order valence-corrected chi connectivity index (χ3v) is 4.66. The van der Waals surface area contributed by atoms with E-state index < -0.39 is 11.9 Å². The van der Waals surface area contributed by atoms with Crippen LogP contribution in [0, 0.1) is 11.3 Å². The predicted molar refractivity (Wildman–Crippen MR) is 100 cm³/mol. The van der Waals surface area contributed by atoms with Crippen LogP contribution in [0.5, 0.6) is 5.75 Å². The second-order valence-electron chi connectivity index (χ2n) is 4.90. The number of carbonyl (C=O) groups is 2. The normalized spacial score (nSPS) is 10.8. The van der Waals surface area contributed by atoms with Gasteiger partial charge in [-0.25, -0.2) is 9.78 Å². The third kappa shape index (κ3) is 4.42. The number of benzene rings is 1. The average molecular weight is 381 g/mol. The van der Waals surface area contributed by atoms with Gasteiger partial charge in [0.1, 0.15) is 22.3 Å². The predicted octanol–water partition coefficient (Wildman–Crippen LogP) is 3.97. The van der Waals surface area contributed by atoms with Gasteiger partial charge in [-0.3, -0.25) is 10.1 Å². The number of nitrogens with one attached hydrogen (secondary N) is 1. The number of carbonyl (C=O) groups excluding carboxylic acids is 2. The second kappa shape index (κ2) is 8.20. The number of esters is 1. The number of nitriles is 1. The highest BCUT2D eigenvalue weighted by atomic mass is 32.1. The molecule has 0 aliphatic rings. The Hall–Kier alpha value is -3.28. The van der Waals surface area contributed by atoms with Crippen LogP contribution >= 0.6 is 22.7 Å². The van der Waals surface area contributed by atoms with E-state index in [1.165, 1.54) is 28.7 Å². The van der Waals surface area contributed by atoms with Gasteiger partial charge in [-0.2, -0.15) is 5.26 Å². The van der Waals surface area contributed by atoms with Crippen molar-refractivity contribution in [2.75, 3.05) is 5.32 Å². The molecular formula is C18H11N3O3S2. The number of anilines is 1. The van der Waals surface area contributed by atoms with Gasteiger partial charge in [-0.15, -0.1) is 22.7 Å². The van der Waals surface area contributed by atoms with Crippen LogP contribution in [0.25, 0.3) is 6.08 Å². The molecule has 0 fully saturated rings. The summed E-state index contributed by atoms with van der Waals surface area (Å²) in [6.45, 7) is 0. The number of hydrogen-bond acceptors (Lipinski definition) is 7. The van der Waals surface area contributed by atoms with Crippen LogP contribution in [0.3, 0.4) is 0 Å². The minimum atomic E-state index is -0.552. The molecule has 0 aliphatic carbocycles. The van der Waals surface area contributed by atoms with Crippen LogP contribution in [0.1, 0.15) is 15.2 Å². The van der Waals surface area contributed by atoms with Gasteiger partial charge in [0, 0.05) is 11.6 Å². The molecule has 0 bridgehead atoms. The van der Waals surface area contributed by atoms with E-state index in [1.807, 2.05) is 6.07 Å². The smallest absolute Gasteiger partial charge is 0.353 e. The van der Waals surface area contributed by atoms with Gasteiger partial charge < -0.3 is 4.74 Å². The van der Waals surface area contributed by atoms with Crippen LogP contribution in [0.15, 0.2) is 58.9 Å². The zero-order valence-electron chi connectivity index (χ0n) is 13.2. The first-order valence-electron chi connectivity index (χ1n) is 7.34. The molecule has 0 atom stereocenters. The summed E-state index contributed by atoms with van der Waals surface area (Å²) < 4.78 is 5.31. The lowest BCUT2D eigenvalue weighted by atomic mass is 10.1. The fourth-order valence-electron chi connectivity index (χ4n) is 1.98. The number of rotatable bonds is 5. The number of amides is 1. The zero-order valence-corrected chi connectivity index (χ0v) is 14.8. The van der Waals surface area contributed by atoms with Crippen molar-refractivity contribution in [3.05, 3.63) is 69.4 Å². The summed E-state index contributed by atoms with van der Waals surface area (Å²) in [5, 5.41) is 15.7. The first-order valence-corrected chi connectivity index (χ1v) is 9.10. The molecule has 26 heavy (non-hydrogen) atoms. The average Bonchev–Trinajstić information content (AvgIpc) is 3.33. The summed E-state index contributed by atoms with van der Waals surface area (Å²) in [4.78, 5) is 28.6. The Morgan fingerprint density at radius 1 is 1.19 bits per heavy atom. The Morgan fingerprint density at radius 3 is 2.77 bits per heavy atom. The Kier molecular flexibility index (Phi) is 5.53. The van der Waals surface area contributed by atoms with Crippen molar-refractivity contribution in [1.82, 2.24) is 4.98 Å². The molecule has 6 nitrogen and oxygen atoms in total. The van der Waals surface area contributed by atoms with Crippen molar-refractivity contribution in [3.8, 4) is 11.8 Å². The van der Waals surface area contributed by atoms with Crippen LogP contribution in [0.4, 0.5) is 5.13 Å². The van der Waals surface area contributed by atoms with Crippen molar-refractivity contribution in [2.24, 2.45) is 0 Å². The molecule has 128 valence electrons. The molecule has 3 rings (SSSR count). The summed E-state index contributed by atoms with van der Waals surface area (Å²) in [5.74, 6) is -0.679. The minimum absolute atomic E-state index is 0.0815. The lowest BCUT2D eigenvalue weighted by molar-refractivity contribution is -0.112. The van der Waals surface area contributed by atoms with Gasteiger partial charge in [-0.1, -0.05) is 18.2 Å². The SMILES string of the molecule is N#C/C(=C\c1cccc(OC(=O)c2cccs2)c1)C(=O)Nc1nccs1. The highest BCUT2D eigenvalue weighted by Gasteiger charge is 2.12. The highest BCUT2D eigenvalue weighted by molar-refractivity contribution is 7.13. The molecule has 1 N–H and O–H groups in total. The molecule has 0 saturated heterocycles. The molecule has 0 saturated carbocycles. The van der Waals surface area contributed by atoms with Gasteiger partial charge >= 0.3 is 5.97 Å². The van der Waals surface area contributed by atoms with Crippen molar-refractivity contribution >= 4 is 45.8 Å². The summed E-state index contributed by atoms with van der Waals surface area (Å²) in [5.41, 5.74) is 0.481. The number of hydrogen-bond donors (Lipinski definition) is 1. The van der Waals surface area contributed by atoms with E-state index in [0.717, 1.165) is 0 Å². The first-order chi connectivity index (χ1) is 12.7. The van der Waals surface area contributed by atoms with Crippen LogP contribution in [-0.2, 0) is 4.79 Å². The molecule has 0 unspecified atom stereocenters. The number of aromatic nitrogens is 1. The fraction of sp³-hybridized carbons (Fsp3) is 0. The van der Waals surface area contributed by atoms with Crippen molar-refractivity contribution in [1.29, 1.82) is 5.26 Å². The standard InChI is InChI=1S/C18H11N3O3S2/c19-11-13(16(22)21-18-20-6-8-26-18)9-12-3-1-4-14(10-12)24-17(23)15-5-2-7-25-15/h1-10H,(H,20,21,22)/b13-9+. The maximum absolute atomic E-state index is 12.1. The largest absolute Gasteiger partial charge is 0.422 e. The van der Waals surface area contributed by atoms with E-state index in [9.17, 15) is 14.9 Å². The number of thiazole rings is 1. The maximum atomic E-state index is 12.1. The van der Waals surface area contributed by atoms with E-state index in [1.54, 1.807) is 53.4 Å². The quantitative estimate of drug-likeness (QED) is 0.312. The first kappa shape index (κ1) is 17.5. The number of thiophene rings is 1. The van der Waals surface area contributed by atoms with Crippen molar-refractivity contribution < 1.29 is 14.3 Å². The molecule has 2 heterocycles. The summed E-state index contributed by atoms with van der Waals surface area (Å²) in [6.07, 6.45) is 2.98. The Bertz CT molecular complexity index is 987. The van der Waals surface area contributed by atoms with Gasteiger partial charge in [0.05, 0.1) is 0 Å². The number of nitrogens with zero attached hydrogens (tertiary/aromatic N) is 2. The maximum Gasteiger partial charge on any atom is 0.353 e. The monoisotopic (exact) mass is 381 g/mol. The summed E-state index contributed by atoms with van der Waals surface area (Å²) in [6, 6.07) is 11.9. The van der Waals surface area contributed by atoms with E-state index >= 15 is 0 Å². The van der Waals surface area contributed by atoms with E-state index in [2.05, 4.69) is 10.3 Å². The molecular weight excluding hydrogens is 370 g/mol. The van der Waals surface area contributed by atoms with Crippen LogP contribution in [0.2, 0.25) is 0 Å². The fourth-order valence-corrected chi connectivity index (χ4v) is 3.11. The van der Waals surface area contributed by atoms with E-state index in [-0.39, 0.29) is 5.57 Å². The molecule has 8 heteroatoms.